The summed E-state index contributed by atoms with van der Waals surface area (Å²) in [6, 6.07) is 8.30. The SMILES string of the molecule is Cc1ccc(C#C[C@H]2CCCCO2)cc1. The third-order valence-corrected chi connectivity index (χ3v) is 2.61. The minimum atomic E-state index is 0.153. The molecule has 1 aromatic carbocycles. The van der Waals surface area contributed by atoms with Crippen molar-refractivity contribution in [3.63, 3.8) is 0 Å². The molecule has 0 saturated carbocycles. The zero-order valence-electron chi connectivity index (χ0n) is 9.12. The number of hydrogen-bond acceptors (Lipinski definition) is 1. The second kappa shape index (κ2) is 5.00. The van der Waals surface area contributed by atoms with Gasteiger partial charge in [0, 0.05) is 12.2 Å². The molecule has 1 heterocycles. The summed E-state index contributed by atoms with van der Waals surface area (Å²) in [7, 11) is 0. The number of benzene rings is 1. The Morgan fingerprint density at radius 2 is 2.00 bits per heavy atom. The first kappa shape index (κ1) is 10.3. The molecule has 15 heavy (non-hydrogen) atoms. The zero-order valence-corrected chi connectivity index (χ0v) is 9.12. The molecule has 0 radical (unpaired) electrons. The van der Waals surface area contributed by atoms with Crippen LogP contribution in [0.2, 0.25) is 0 Å². The van der Waals surface area contributed by atoms with Gasteiger partial charge in [0.25, 0.3) is 0 Å². The van der Waals surface area contributed by atoms with Crippen molar-refractivity contribution in [2.45, 2.75) is 32.3 Å². The number of hydrogen-bond donors (Lipinski definition) is 0. The fourth-order valence-electron chi connectivity index (χ4n) is 1.66. The van der Waals surface area contributed by atoms with E-state index in [1.807, 2.05) is 0 Å². The van der Waals surface area contributed by atoms with E-state index in [4.69, 9.17) is 4.74 Å². The maximum Gasteiger partial charge on any atom is 0.118 e. The minimum absolute atomic E-state index is 0.153. The van der Waals surface area contributed by atoms with Crippen LogP contribution in [-0.2, 0) is 4.74 Å². The summed E-state index contributed by atoms with van der Waals surface area (Å²) in [4.78, 5) is 0. The van der Waals surface area contributed by atoms with Crippen LogP contribution >= 0.6 is 0 Å². The van der Waals surface area contributed by atoms with Crippen molar-refractivity contribution in [3.05, 3.63) is 35.4 Å². The van der Waals surface area contributed by atoms with Crippen LogP contribution in [0.4, 0.5) is 0 Å². The fraction of sp³-hybridized carbons (Fsp3) is 0.429. The van der Waals surface area contributed by atoms with Gasteiger partial charge in [-0.1, -0.05) is 29.5 Å². The molecular formula is C14H16O. The van der Waals surface area contributed by atoms with Crippen LogP contribution in [0, 0.1) is 18.8 Å². The van der Waals surface area contributed by atoms with Crippen LogP contribution in [-0.4, -0.2) is 12.7 Å². The number of aryl methyl sites for hydroxylation is 1. The predicted molar refractivity (Wildman–Crippen MR) is 61.6 cm³/mol. The van der Waals surface area contributed by atoms with Crippen molar-refractivity contribution < 1.29 is 4.74 Å². The Morgan fingerprint density at radius 3 is 2.67 bits per heavy atom. The zero-order chi connectivity index (χ0) is 10.5. The average molecular weight is 200 g/mol. The molecule has 1 nitrogen and oxygen atoms in total. The lowest BCUT2D eigenvalue weighted by atomic mass is 10.1. The van der Waals surface area contributed by atoms with Gasteiger partial charge in [-0.15, -0.1) is 0 Å². The van der Waals surface area contributed by atoms with E-state index < -0.39 is 0 Å². The summed E-state index contributed by atoms with van der Waals surface area (Å²) in [5, 5.41) is 0. The maximum atomic E-state index is 5.55. The monoisotopic (exact) mass is 200 g/mol. The van der Waals surface area contributed by atoms with Gasteiger partial charge in [0.1, 0.15) is 6.10 Å². The maximum absolute atomic E-state index is 5.55. The Labute approximate surface area is 91.5 Å². The molecule has 1 atom stereocenters. The van der Waals surface area contributed by atoms with Gasteiger partial charge in [0.05, 0.1) is 0 Å². The standard InChI is InChI=1S/C14H16O/c1-12-5-7-13(8-6-12)9-10-14-4-2-3-11-15-14/h5-8,14H,2-4,11H2,1H3/t14-/m1/s1. The average Bonchev–Trinajstić information content (AvgIpc) is 2.30. The normalized spacial score (nSPS) is 20.5. The Bertz CT molecular complexity index is 361. The van der Waals surface area contributed by atoms with Crippen LogP contribution in [0.25, 0.3) is 0 Å². The molecule has 0 unspecified atom stereocenters. The van der Waals surface area contributed by atoms with Gasteiger partial charge in [-0.3, -0.25) is 0 Å². The Kier molecular flexibility index (Phi) is 3.42. The summed E-state index contributed by atoms with van der Waals surface area (Å²) in [6.07, 6.45) is 3.66. The van der Waals surface area contributed by atoms with Crippen molar-refractivity contribution >= 4 is 0 Å². The van der Waals surface area contributed by atoms with Gasteiger partial charge in [-0.05, 0) is 38.3 Å². The molecule has 1 saturated heterocycles. The van der Waals surface area contributed by atoms with Gasteiger partial charge in [-0.2, -0.15) is 0 Å². The molecule has 0 aromatic heterocycles. The summed E-state index contributed by atoms with van der Waals surface area (Å²) in [6.45, 7) is 2.95. The molecule has 1 aliphatic rings. The highest BCUT2D eigenvalue weighted by Crippen LogP contribution is 2.11. The molecule has 0 aliphatic carbocycles. The van der Waals surface area contributed by atoms with E-state index >= 15 is 0 Å². The summed E-state index contributed by atoms with van der Waals surface area (Å²) in [5.74, 6) is 6.35. The smallest absolute Gasteiger partial charge is 0.118 e. The molecule has 1 aliphatic heterocycles. The molecule has 0 N–H and O–H groups in total. The van der Waals surface area contributed by atoms with Crippen molar-refractivity contribution in [2.24, 2.45) is 0 Å². The topological polar surface area (TPSA) is 9.23 Å². The van der Waals surface area contributed by atoms with E-state index in [-0.39, 0.29) is 6.10 Å². The van der Waals surface area contributed by atoms with Gasteiger partial charge in [-0.25, -0.2) is 0 Å². The van der Waals surface area contributed by atoms with E-state index in [1.54, 1.807) is 0 Å². The lowest BCUT2D eigenvalue weighted by molar-refractivity contribution is 0.0526. The van der Waals surface area contributed by atoms with Gasteiger partial charge in [0.15, 0.2) is 0 Å². The number of rotatable bonds is 0. The summed E-state index contributed by atoms with van der Waals surface area (Å²) >= 11 is 0. The quantitative estimate of drug-likeness (QED) is 0.585. The third kappa shape index (κ3) is 3.11. The van der Waals surface area contributed by atoms with Crippen LogP contribution in [0.3, 0.4) is 0 Å². The Morgan fingerprint density at radius 1 is 1.20 bits per heavy atom. The minimum Gasteiger partial charge on any atom is -0.366 e. The molecule has 0 bridgehead atoms. The van der Waals surface area contributed by atoms with Gasteiger partial charge in [0.2, 0.25) is 0 Å². The first-order valence-corrected chi connectivity index (χ1v) is 5.54. The van der Waals surface area contributed by atoms with E-state index in [0.717, 1.165) is 18.6 Å². The highest BCUT2D eigenvalue weighted by molar-refractivity contribution is 5.36. The largest absolute Gasteiger partial charge is 0.366 e. The molecular weight excluding hydrogens is 184 g/mol. The summed E-state index contributed by atoms with van der Waals surface area (Å²) in [5.41, 5.74) is 2.35. The van der Waals surface area contributed by atoms with E-state index in [9.17, 15) is 0 Å². The van der Waals surface area contributed by atoms with Gasteiger partial charge < -0.3 is 4.74 Å². The van der Waals surface area contributed by atoms with Crippen molar-refractivity contribution in [1.82, 2.24) is 0 Å². The molecule has 1 heteroatoms. The fourth-order valence-corrected chi connectivity index (χ4v) is 1.66. The predicted octanol–water partition coefficient (Wildman–Crippen LogP) is 2.92. The molecule has 1 fully saturated rings. The van der Waals surface area contributed by atoms with E-state index in [0.29, 0.717) is 0 Å². The van der Waals surface area contributed by atoms with Crippen LogP contribution in [0.1, 0.15) is 30.4 Å². The highest BCUT2D eigenvalue weighted by atomic mass is 16.5. The first-order chi connectivity index (χ1) is 7.34. The molecule has 78 valence electrons. The molecule has 0 amide bonds. The van der Waals surface area contributed by atoms with Crippen molar-refractivity contribution in [1.29, 1.82) is 0 Å². The second-order valence-corrected chi connectivity index (χ2v) is 3.99. The first-order valence-electron chi connectivity index (χ1n) is 5.54. The summed E-state index contributed by atoms with van der Waals surface area (Å²) < 4.78 is 5.55. The van der Waals surface area contributed by atoms with Gasteiger partial charge >= 0.3 is 0 Å². The van der Waals surface area contributed by atoms with Crippen LogP contribution in [0.5, 0.6) is 0 Å². The highest BCUT2D eigenvalue weighted by Gasteiger charge is 2.09. The lowest BCUT2D eigenvalue weighted by Gasteiger charge is -2.16. The molecule has 0 spiro atoms. The van der Waals surface area contributed by atoms with Crippen LogP contribution < -0.4 is 0 Å². The molecule has 2 rings (SSSR count). The van der Waals surface area contributed by atoms with Crippen molar-refractivity contribution in [3.8, 4) is 11.8 Å². The Balaban J connectivity index is 2.00. The van der Waals surface area contributed by atoms with E-state index in [2.05, 4.69) is 43.0 Å². The third-order valence-electron chi connectivity index (χ3n) is 2.61. The van der Waals surface area contributed by atoms with Crippen molar-refractivity contribution in [2.75, 3.05) is 6.61 Å². The van der Waals surface area contributed by atoms with Crippen LogP contribution in [0.15, 0.2) is 24.3 Å². The molecule has 1 aromatic rings. The number of ether oxygens (including phenoxy) is 1. The lowest BCUT2D eigenvalue weighted by Crippen LogP contribution is -2.16. The Hall–Kier alpha value is -1.26. The second-order valence-electron chi connectivity index (χ2n) is 3.99. The van der Waals surface area contributed by atoms with E-state index in [1.165, 1.54) is 18.4 Å².